The van der Waals surface area contributed by atoms with Gasteiger partial charge in [-0.05, 0) is 30.4 Å². The molecule has 0 rings (SSSR count). The van der Waals surface area contributed by atoms with E-state index in [-0.39, 0.29) is 40.4 Å². The van der Waals surface area contributed by atoms with Gasteiger partial charge in [-0.2, -0.15) is 4.39 Å². The summed E-state index contributed by atoms with van der Waals surface area (Å²) in [6.07, 6.45) is 3.22. The van der Waals surface area contributed by atoms with Gasteiger partial charge >= 0.3 is 0 Å². The van der Waals surface area contributed by atoms with E-state index in [2.05, 4.69) is 39.5 Å². The Kier molecular flexibility index (Phi) is 13.8. The zero-order valence-electron chi connectivity index (χ0n) is 20.7. The van der Waals surface area contributed by atoms with E-state index in [1.54, 1.807) is 13.8 Å². The van der Waals surface area contributed by atoms with Crippen molar-refractivity contribution in [1.82, 2.24) is 0 Å². The molecule has 0 N–H and O–H groups in total. The lowest BCUT2D eigenvalue weighted by molar-refractivity contribution is 0.0640. The van der Waals surface area contributed by atoms with Crippen LogP contribution in [0, 0.1) is 5.92 Å². The van der Waals surface area contributed by atoms with Crippen molar-refractivity contribution in [2.75, 3.05) is 13.2 Å². The molecule has 2 unspecified atom stereocenters. The summed E-state index contributed by atoms with van der Waals surface area (Å²) in [6, 6.07) is 0. The summed E-state index contributed by atoms with van der Waals surface area (Å²) < 4.78 is 68.2. The van der Waals surface area contributed by atoms with Crippen LogP contribution in [0.15, 0.2) is 109 Å². The van der Waals surface area contributed by atoms with E-state index in [1.165, 1.54) is 12.2 Å². The highest BCUT2D eigenvalue weighted by Crippen LogP contribution is 2.30. The van der Waals surface area contributed by atoms with Gasteiger partial charge in [0.1, 0.15) is 0 Å². The molecule has 0 aliphatic heterocycles. The van der Waals surface area contributed by atoms with Gasteiger partial charge in [0.2, 0.25) is 5.83 Å². The van der Waals surface area contributed by atoms with Gasteiger partial charge in [-0.25, -0.2) is 13.2 Å². The van der Waals surface area contributed by atoms with Crippen LogP contribution in [0.4, 0.5) is 17.6 Å². The average molecular weight is 481 g/mol. The minimum absolute atomic E-state index is 0.0110. The predicted molar refractivity (Wildman–Crippen MR) is 134 cm³/mol. The average Bonchev–Trinajstić information content (AvgIpc) is 2.84. The quantitative estimate of drug-likeness (QED) is 0.125. The van der Waals surface area contributed by atoms with E-state index < -0.39 is 35.2 Å². The Hall–Kier alpha value is -2.86. The molecule has 0 saturated heterocycles. The maximum atomic E-state index is 14.6. The van der Waals surface area contributed by atoms with Gasteiger partial charge < -0.3 is 9.47 Å². The van der Waals surface area contributed by atoms with Crippen LogP contribution in [-0.4, -0.2) is 19.3 Å². The first-order valence-electron chi connectivity index (χ1n) is 11.0. The van der Waals surface area contributed by atoms with Crippen molar-refractivity contribution in [1.29, 1.82) is 0 Å². The molecule has 0 bridgehead atoms. The van der Waals surface area contributed by atoms with E-state index in [4.69, 9.17) is 9.47 Å². The molecule has 6 heteroatoms. The number of allylic oxidation sites excluding steroid dienone is 9. The summed E-state index contributed by atoms with van der Waals surface area (Å²) in [5.41, 5.74) is -0.902. The summed E-state index contributed by atoms with van der Waals surface area (Å²) in [5, 5.41) is 0. The molecule has 0 aromatic heterocycles. The zero-order chi connectivity index (χ0) is 26.6. The molecule has 0 aliphatic carbocycles. The Bertz CT molecular complexity index is 919. The van der Waals surface area contributed by atoms with Crippen LogP contribution in [0.5, 0.6) is 0 Å². The molecule has 0 aliphatic rings. The number of hydrogen-bond acceptors (Lipinski definition) is 2. The summed E-state index contributed by atoms with van der Waals surface area (Å²) in [6.45, 7) is 29.1. The fourth-order valence-corrected chi connectivity index (χ4v) is 2.21. The first-order chi connectivity index (χ1) is 15.8. The maximum Gasteiger partial charge on any atom is 0.200 e. The maximum absolute atomic E-state index is 14.6. The van der Waals surface area contributed by atoms with Crippen molar-refractivity contribution in [2.45, 2.75) is 46.6 Å². The van der Waals surface area contributed by atoms with Crippen molar-refractivity contribution >= 4 is 0 Å². The van der Waals surface area contributed by atoms with Crippen LogP contribution in [0.3, 0.4) is 0 Å². The van der Waals surface area contributed by atoms with Gasteiger partial charge in [0.25, 0.3) is 0 Å². The normalized spacial score (nSPS) is 14.6. The highest BCUT2D eigenvalue weighted by Gasteiger charge is 2.20. The van der Waals surface area contributed by atoms with Gasteiger partial charge in [-0.15, -0.1) is 0 Å². The standard InChI is InChI=1S/C28H36F4O2/c1-11-15-33-24(10)28(32)26(30)21(7)19(5)14-13-18(4)20(6)25(29)27(31)22(8)23(9)34-16-17(3)12-2/h13-14,17,23H,4-8,10-12,15-16H2,1-3,9H3/b14-13-,27-25-,28-26-. The fraction of sp³-hybridized carbons (Fsp3) is 0.357. The SMILES string of the molecule is C=C(/C=C\C(=C)C(=C)/C(F)=C(/F)C(=C)C(C)OCC(C)CC)C(=C)/C(F)=C(/F)C(=C)OCCC. The van der Waals surface area contributed by atoms with Gasteiger partial charge in [0, 0.05) is 23.3 Å². The molecule has 0 aromatic rings. The summed E-state index contributed by atoms with van der Waals surface area (Å²) in [7, 11) is 0. The van der Waals surface area contributed by atoms with E-state index >= 15 is 0 Å². The Morgan fingerprint density at radius 1 is 0.765 bits per heavy atom. The second-order valence-corrected chi connectivity index (χ2v) is 7.88. The van der Waals surface area contributed by atoms with Crippen molar-refractivity contribution in [2.24, 2.45) is 5.92 Å². The molecule has 2 nitrogen and oxygen atoms in total. The van der Waals surface area contributed by atoms with Gasteiger partial charge in [0.05, 0.1) is 12.7 Å². The molecular formula is C28H36F4O2. The minimum atomic E-state index is -1.30. The molecule has 0 spiro atoms. The van der Waals surface area contributed by atoms with Gasteiger partial charge in [-0.3, -0.25) is 0 Å². The molecule has 0 heterocycles. The van der Waals surface area contributed by atoms with Gasteiger partial charge in [0.15, 0.2) is 23.2 Å². The first kappa shape index (κ1) is 31.1. The summed E-state index contributed by atoms with van der Waals surface area (Å²) in [4.78, 5) is 0. The van der Waals surface area contributed by atoms with E-state index in [0.717, 1.165) is 6.42 Å². The Morgan fingerprint density at radius 2 is 1.24 bits per heavy atom. The lowest BCUT2D eigenvalue weighted by atomic mass is 10.0. The molecule has 0 aromatic carbocycles. The highest BCUT2D eigenvalue weighted by atomic mass is 19.2. The van der Waals surface area contributed by atoms with Crippen LogP contribution in [0.25, 0.3) is 0 Å². The first-order valence-corrected chi connectivity index (χ1v) is 11.0. The van der Waals surface area contributed by atoms with Crippen molar-refractivity contribution in [3.8, 4) is 0 Å². The monoisotopic (exact) mass is 480 g/mol. The van der Waals surface area contributed by atoms with Crippen LogP contribution in [0.1, 0.15) is 40.5 Å². The second kappa shape index (κ2) is 15.1. The summed E-state index contributed by atoms with van der Waals surface area (Å²) >= 11 is 0. The Balaban J connectivity index is 5.33. The van der Waals surface area contributed by atoms with Crippen LogP contribution < -0.4 is 0 Å². The smallest absolute Gasteiger partial charge is 0.200 e. The summed E-state index contributed by atoms with van der Waals surface area (Å²) in [5.74, 6) is -5.22. The van der Waals surface area contributed by atoms with Crippen molar-refractivity contribution in [3.63, 3.8) is 0 Å². The van der Waals surface area contributed by atoms with E-state index in [9.17, 15) is 17.6 Å². The number of rotatable bonds is 16. The lowest BCUT2D eigenvalue weighted by Gasteiger charge is -2.18. The number of ether oxygens (including phenoxy) is 2. The topological polar surface area (TPSA) is 18.5 Å². The third-order valence-corrected chi connectivity index (χ3v) is 5.00. The minimum Gasteiger partial charge on any atom is -0.491 e. The molecule has 0 radical (unpaired) electrons. The van der Waals surface area contributed by atoms with Crippen molar-refractivity contribution < 1.29 is 27.0 Å². The predicted octanol–water partition coefficient (Wildman–Crippen LogP) is 9.02. The molecule has 34 heavy (non-hydrogen) atoms. The molecular weight excluding hydrogens is 444 g/mol. The van der Waals surface area contributed by atoms with Crippen LogP contribution in [-0.2, 0) is 9.47 Å². The third kappa shape index (κ3) is 9.56. The van der Waals surface area contributed by atoms with E-state index in [0.29, 0.717) is 13.0 Å². The highest BCUT2D eigenvalue weighted by molar-refractivity contribution is 5.54. The lowest BCUT2D eigenvalue weighted by Crippen LogP contribution is -2.16. The number of halogens is 4. The zero-order valence-corrected chi connectivity index (χ0v) is 20.7. The second-order valence-electron chi connectivity index (χ2n) is 7.88. The number of hydrogen-bond donors (Lipinski definition) is 0. The third-order valence-electron chi connectivity index (χ3n) is 5.00. The fourth-order valence-electron chi connectivity index (χ4n) is 2.21. The molecule has 188 valence electrons. The largest absolute Gasteiger partial charge is 0.491 e. The Morgan fingerprint density at radius 3 is 1.68 bits per heavy atom. The van der Waals surface area contributed by atoms with E-state index in [1.807, 2.05) is 13.8 Å². The molecule has 2 atom stereocenters. The Labute approximate surface area is 201 Å². The molecule has 0 fully saturated rings. The van der Waals surface area contributed by atoms with Gasteiger partial charge in [-0.1, -0.05) is 78.8 Å². The van der Waals surface area contributed by atoms with Crippen LogP contribution in [0.2, 0.25) is 0 Å². The molecule has 0 amide bonds. The van der Waals surface area contributed by atoms with Crippen LogP contribution >= 0.6 is 0 Å². The molecule has 0 saturated carbocycles. The van der Waals surface area contributed by atoms with Crippen molar-refractivity contribution in [3.05, 3.63) is 109 Å².